The monoisotopic (exact) mass is 520 g/mol. The van der Waals surface area contributed by atoms with E-state index in [1.807, 2.05) is 19.1 Å². The lowest BCUT2D eigenvalue weighted by atomic mass is 9.89. The maximum absolute atomic E-state index is 13.4. The van der Waals surface area contributed by atoms with Crippen LogP contribution in [0.25, 0.3) is 6.08 Å². The molecule has 190 valence electrons. The zero-order valence-corrected chi connectivity index (χ0v) is 20.9. The maximum Gasteiger partial charge on any atom is 0.328 e. The highest BCUT2D eigenvalue weighted by molar-refractivity contribution is 6.30. The fourth-order valence-electron chi connectivity index (χ4n) is 4.51. The van der Waals surface area contributed by atoms with E-state index in [1.54, 1.807) is 35.2 Å². The van der Waals surface area contributed by atoms with Gasteiger partial charge >= 0.3 is 5.97 Å². The number of rotatable bonds is 7. The minimum absolute atomic E-state index is 0.136. The van der Waals surface area contributed by atoms with Gasteiger partial charge in [-0.1, -0.05) is 29.8 Å². The second-order valence-electron chi connectivity index (χ2n) is 9.00. The number of fused-ring (bicyclic) bond motifs is 1. The Balaban J connectivity index is 1.61. The molecule has 37 heavy (non-hydrogen) atoms. The van der Waals surface area contributed by atoms with E-state index in [2.05, 4.69) is 5.32 Å². The lowest BCUT2D eigenvalue weighted by Gasteiger charge is -2.40. The van der Waals surface area contributed by atoms with Crippen LogP contribution < -0.4 is 10.2 Å². The summed E-state index contributed by atoms with van der Waals surface area (Å²) in [6, 6.07) is 17.3. The predicted octanol–water partition coefficient (Wildman–Crippen LogP) is 5.81. The number of carboxylic acids is 1. The number of halogens is 2. The molecule has 0 unspecified atom stereocenters. The van der Waals surface area contributed by atoms with Gasteiger partial charge in [0.1, 0.15) is 5.82 Å². The number of hydrogen-bond acceptors (Lipinski definition) is 3. The van der Waals surface area contributed by atoms with Gasteiger partial charge in [0.2, 0.25) is 5.91 Å². The number of nitrogens with zero attached hydrogens (tertiary/aromatic N) is 1. The number of hydrogen-bond donors (Lipinski definition) is 2. The first kappa shape index (κ1) is 26.1. The molecule has 3 aromatic carbocycles. The molecule has 1 aliphatic heterocycles. The molecule has 0 fully saturated rings. The topological polar surface area (TPSA) is 86.7 Å². The molecule has 0 radical (unpaired) electrons. The molecule has 3 aromatic rings. The average molecular weight is 521 g/mol. The van der Waals surface area contributed by atoms with Crippen LogP contribution in [0.4, 0.5) is 10.1 Å². The van der Waals surface area contributed by atoms with Crippen LogP contribution >= 0.6 is 11.6 Å². The van der Waals surface area contributed by atoms with Gasteiger partial charge in [0.15, 0.2) is 0 Å². The predicted molar refractivity (Wildman–Crippen MR) is 141 cm³/mol. The van der Waals surface area contributed by atoms with Crippen molar-refractivity contribution in [2.45, 2.75) is 38.3 Å². The summed E-state index contributed by atoms with van der Waals surface area (Å²) >= 11 is 5.94. The number of aryl methyl sites for hydroxylation is 1. The summed E-state index contributed by atoms with van der Waals surface area (Å²) in [6.45, 7) is 1.90. The van der Waals surface area contributed by atoms with Crippen molar-refractivity contribution in [1.29, 1.82) is 0 Å². The second-order valence-corrected chi connectivity index (χ2v) is 9.44. The Hall–Kier alpha value is -3.97. The lowest BCUT2D eigenvalue weighted by Crippen LogP contribution is -2.46. The molecule has 2 N–H and O–H groups in total. The summed E-state index contributed by atoms with van der Waals surface area (Å²) in [7, 11) is 0. The van der Waals surface area contributed by atoms with Gasteiger partial charge in [0.25, 0.3) is 5.91 Å². The lowest BCUT2D eigenvalue weighted by molar-refractivity contribution is -0.131. The van der Waals surface area contributed by atoms with Crippen molar-refractivity contribution in [1.82, 2.24) is 5.32 Å². The molecule has 0 saturated carbocycles. The number of carboxylic acid groups (broad SMARTS) is 1. The van der Waals surface area contributed by atoms with Crippen molar-refractivity contribution >= 4 is 41.1 Å². The van der Waals surface area contributed by atoms with E-state index in [0.717, 1.165) is 11.6 Å². The van der Waals surface area contributed by atoms with E-state index in [1.165, 1.54) is 30.3 Å². The van der Waals surface area contributed by atoms with Crippen molar-refractivity contribution in [3.63, 3.8) is 0 Å². The van der Waals surface area contributed by atoms with Gasteiger partial charge < -0.3 is 15.3 Å². The summed E-state index contributed by atoms with van der Waals surface area (Å²) < 4.78 is 13.4. The third kappa shape index (κ3) is 6.43. The van der Waals surface area contributed by atoms with E-state index in [4.69, 9.17) is 16.7 Å². The van der Waals surface area contributed by atoms with E-state index >= 15 is 0 Å². The Bertz CT molecular complexity index is 1340. The van der Waals surface area contributed by atoms with E-state index in [-0.39, 0.29) is 30.3 Å². The molecular formula is C29H26ClFN2O4. The SMILES string of the molecule is C[C@H]1C[C@@H](NC(=O)CCc2ccc(Cl)cc2)c2cc(C=CC(=O)O)ccc2N1C(=O)c1ccc(F)cc1. The van der Waals surface area contributed by atoms with E-state index < -0.39 is 11.8 Å². The largest absolute Gasteiger partial charge is 0.478 e. The highest BCUT2D eigenvalue weighted by Crippen LogP contribution is 2.39. The van der Waals surface area contributed by atoms with Crippen molar-refractivity contribution in [2.75, 3.05) is 4.90 Å². The van der Waals surface area contributed by atoms with Crippen LogP contribution in [0.15, 0.2) is 72.8 Å². The number of benzene rings is 3. The summed E-state index contributed by atoms with van der Waals surface area (Å²) in [6.07, 6.45) is 3.78. The Morgan fingerprint density at radius 3 is 2.46 bits per heavy atom. The molecule has 0 bridgehead atoms. The Morgan fingerprint density at radius 2 is 1.78 bits per heavy atom. The van der Waals surface area contributed by atoms with Crippen molar-refractivity contribution < 1.29 is 23.9 Å². The molecule has 1 heterocycles. The standard InChI is InChI=1S/C29H26ClFN2O4/c1-18-16-25(32-27(34)14-5-19-2-9-22(30)10-3-19)24-17-20(6-15-28(35)36)4-13-26(24)33(18)29(37)21-7-11-23(31)12-8-21/h2-4,6-13,15,17-18,25H,5,14,16H2,1H3,(H,32,34)(H,35,36)/t18-,25+/m0/s1. The van der Waals surface area contributed by atoms with Crippen LogP contribution in [0.5, 0.6) is 0 Å². The van der Waals surface area contributed by atoms with Crippen molar-refractivity contribution in [2.24, 2.45) is 0 Å². The number of anilines is 1. The van der Waals surface area contributed by atoms with Gasteiger partial charge in [-0.2, -0.15) is 0 Å². The van der Waals surface area contributed by atoms with Crippen LogP contribution in [0.3, 0.4) is 0 Å². The molecule has 4 rings (SSSR count). The Morgan fingerprint density at radius 1 is 1.08 bits per heavy atom. The molecule has 2 atom stereocenters. The van der Waals surface area contributed by atoms with Crippen LogP contribution in [-0.2, 0) is 16.0 Å². The first-order valence-electron chi connectivity index (χ1n) is 11.9. The first-order valence-corrected chi connectivity index (χ1v) is 12.3. The van der Waals surface area contributed by atoms with Crippen molar-refractivity contribution in [3.05, 3.63) is 106 Å². The molecular weight excluding hydrogens is 495 g/mol. The Kier molecular flexibility index (Phi) is 8.04. The van der Waals surface area contributed by atoms with Gasteiger partial charge in [-0.15, -0.1) is 0 Å². The van der Waals surface area contributed by atoms with Crippen LogP contribution in [0.1, 0.15) is 52.9 Å². The maximum atomic E-state index is 13.4. The molecule has 0 spiro atoms. The minimum Gasteiger partial charge on any atom is -0.478 e. The molecule has 6 nitrogen and oxygen atoms in total. The fraction of sp³-hybridized carbons (Fsp3) is 0.207. The highest BCUT2D eigenvalue weighted by Gasteiger charge is 2.35. The van der Waals surface area contributed by atoms with Gasteiger partial charge in [-0.3, -0.25) is 9.59 Å². The van der Waals surface area contributed by atoms with Gasteiger partial charge in [0.05, 0.1) is 6.04 Å². The van der Waals surface area contributed by atoms with Gasteiger partial charge in [-0.05, 0) is 91.1 Å². The van der Waals surface area contributed by atoms with Crippen molar-refractivity contribution in [3.8, 4) is 0 Å². The third-order valence-electron chi connectivity index (χ3n) is 6.32. The summed E-state index contributed by atoms with van der Waals surface area (Å²) in [4.78, 5) is 39.0. The molecule has 1 aliphatic rings. The zero-order valence-electron chi connectivity index (χ0n) is 20.2. The fourth-order valence-corrected chi connectivity index (χ4v) is 4.63. The normalized spacial score (nSPS) is 16.9. The molecule has 0 saturated heterocycles. The van der Waals surface area contributed by atoms with Crippen LogP contribution in [0.2, 0.25) is 5.02 Å². The summed E-state index contributed by atoms with van der Waals surface area (Å²) in [5, 5.41) is 12.7. The second kappa shape index (κ2) is 11.4. The highest BCUT2D eigenvalue weighted by atomic mass is 35.5. The number of nitrogens with one attached hydrogen (secondary N) is 1. The molecule has 8 heteroatoms. The number of aliphatic carboxylic acids is 1. The first-order chi connectivity index (χ1) is 17.7. The molecule has 0 aromatic heterocycles. The number of amides is 2. The zero-order chi connectivity index (χ0) is 26.5. The van der Waals surface area contributed by atoms with E-state index in [9.17, 15) is 18.8 Å². The summed E-state index contributed by atoms with van der Waals surface area (Å²) in [5.41, 5.74) is 3.29. The Labute approximate surface area is 219 Å². The van der Waals surface area contributed by atoms with Crippen LogP contribution in [0, 0.1) is 5.82 Å². The molecule has 0 aliphatic carbocycles. The van der Waals surface area contributed by atoms with E-state index in [0.29, 0.717) is 40.2 Å². The molecule has 2 amide bonds. The smallest absolute Gasteiger partial charge is 0.328 e. The quantitative estimate of drug-likeness (QED) is 0.385. The number of carbonyl (C=O) groups is 3. The number of carbonyl (C=O) groups excluding carboxylic acids is 2. The average Bonchev–Trinajstić information content (AvgIpc) is 2.87. The van der Waals surface area contributed by atoms with Crippen LogP contribution in [-0.4, -0.2) is 28.9 Å². The summed E-state index contributed by atoms with van der Waals surface area (Å²) in [5.74, 6) is -1.93. The van der Waals surface area contributed by atoms with Gasteiger partial charge in [0, 0.05) is 34.8 Å². The minimum atomic E-state index is -1.08. The van der Waals surface area contributed by atoms with Gasteiger partial charge in [-0.25, -0.2) is 9.18 Å². The third-order valence-corrected chi connectivity index (χ3v) is 6.57.